The van der Waals surface area contributed by atoms with Crippen molar-refractivity contribution >= 4 is 25.3 Å². The maximum Gasteiger partial charge on any atom is -0.0139 e. The SMILES string of the molecule is C=CC/C(CCc1c(C2CCC(c3ccc(C)cc3)CC2)c(=C)c2c(c1=C)=CCCC=2)=C(/C)CC. The molecule has 184 valence electrons. The standard InChI is InChI=1S/C35H44/c1-7-11-28(25(4)8-2)22-23-34-26(5)32-12-9-10-13-33(32)27(6)35(34)31-20-18-30(19-21-31)29-16-14-24(3)15-17-29/h7,12-17,30-31H,1,5-6,8-11,18-23H2,2-4H3/b28-25+. The molecule has 2 aliphatic rings. The summed E-state index contributed by atoms with van der Waals surface area (Å²) >= 11 is 0. The highest BCUT2D eigenvalue weighted by Crippen LogP contribution is 2.40. The Hall–Kier alpha value is -2.60. The van der Waals surface area contributed by atoms with Gasteiger partial charge in [-0.15, -0.1) is 6.58 Å². The fourth-order valence-electron chi connectivity index (χ4n) is 6.42. The minimum absolute atomic E-state index is 0.597. The molecule has 4 rings (SSSR count). The van der Waals surface area contributed by atoms with Crippen molar-refractivity contribution in [2.24, 2.45) is 0 Å². The molecule has 0 radical (unpaired) electrons. The lowest BCUT2D eigenvalue weighted by Gasteiger charge is -2.31. The molecule has 0 heterocycles. The molecule has 0 spiro atoms. The zero-order valence-corrected chi connectivity index (χ0v) is 22.4. The van der Waals surface area contributed by atoms with Gasteiger partial charge in [-0.25, -0.2) is 0 Å². The lowest BCUT2D eigenvalue weighted by atomic mass is 9.73. The van der Waals surface area contributed by atoms with Crippen molar-refractivity contribution in [3.63, 3.8) is 0 Å². The number of hydrogen-bond acceptors (Lipinski definition) is 0. The van der Waals surface area contributed by atoms with Crippen LogP contribution in [0.2, 0.25) is 0 Å². The van der Waals surface area contributed by atoms with Crippen LogP contribution in [0, 0.1) is 6.92 Å². The molecule has 2 aliphatic carbocycles. The van der Waals surface area contributed by atoms with Gasteiger partial charge in [-0.2, -0.15) is 0 Å². The Bertz CT molecular complexity index is 1310. The molecule has 1 fully saturated rings. The van der Waals surface area contributed by atoms with Gasteiger partial charge in [0, 0.05) is 0 Å². The van der Waals surface area contributed by atoms with E-state index in [0.29, 0.717) is 11.8 Å². The Labute approximate surface area is 213 Å². The summed E-state index contributed by atoms with van der Waals surface area (Å²) in [5.41, 5.74) is 8.96. The van der Waals surface area contributed by atoms with Crippen LogP contribution in [0.4, 0.5) is 0 Å². The molecule has 0 aromatic heterocycles. The summed E-state index contributed by atoms with van der Waals surface area (Å²) in [4.78, 5) is 0. The monoisotopic (exact) mass is 464 g/mol. The Morgan fingerprint density at radius 3 is 2.11 bits per heavy atom. The van der Waals surface area contributed by atoms with Crippen LogP contribution >= 0.6 is 0 Å². The van der Waals surface area contributed by atoms with Gasteiger partial charge in [-0.1, -0.05) is 79.3 Å². The molecule has 35 heavy (non-hydrogen) atoms. The third-order valence-electron chi connectivity index (χ3n) is 8.70. The zero-order chi connectivity index (χ0) is 24.9. The van der Waals surface area contributed by atoms with Gasteiger partial charge < -0.3 is 0 Å². The predicted molar refractivity (Wildman–Crippen MR) is 155 cm³/mol. The van der Waals surface area contributed by atoms with Crippen molar-refractivity contribution in [2.45, 2.75) is 96.8 Å². The number of allylic oxidation sites excluding steroid dienone is 3. The van der Waals surface area contributed by atoms with Crippen molar-refractivity contribution in [3.8, 4) is 0 Å². The summed E-state index contributed by atoms with van der Waals surface area (Å²) in [6.07, 6.45) is 18.4. The Kier molecular flexibility index (Phi) is 8.32. The van der Waals surface area contributed by atoms with Gasteiger partial charge in [0.05, 0.1) is 0 Å². The number of benzene rings is 2. The molecule has 2 aromatic rings. The minimum atomic E-state index is 0.597. The van der Waals surface area contributed by atoms with E-state index in [2.05, 4.69) is 76.4 Å². The van der Waals surface area contributed by atoms with E-state index < -0.39 is 0 Å². The van der Waals surface area contributed by atoms with Crippen LogP contribution in [0.3, 0.4) is 0 Å². The summed E-state index contributed by atoms with van der Waals surface area (Å²) in [5.74, 6) is 1.29. The summed E-state index contributed by atoms with van der Waals surface area (Å²) in [5, 5.41) is 5.28. The third kappa shape index (κ3) is 5.48. The highest BCUT2D eigenvalue weighted by atomic mass is 14.3. The average molecular weight is 465 g/mol. The molecule has 0 N–H and O–H groups in total. The van der Waals surface area contributed by atoms with E-state index in [9.17, 15) is 0 Å². The fourth-order valence-corrected chi connectivity index (χ4v) is 6.42. The molecule has 0 amide bonds. The molecule has 0 heteroatoms. The molecular formula is C35H44. The van der Waals surface area contributed by atoms with Crippen LogP contribution < -0.4 is 20.9 Å². The van der Waals surface area contributed by atoms with Gasteiger partial charge in [0.2, 0.25) is 0 Å². The van der Waals surface area contributed by atoms with E-state index in [0.717, 1.165) is 38.5 Å². The maximum absolute atomic E-state index is 4.71. The molecule has 0 saturated heterocycles. The molecule has 0 aliphatic heterocycles. The Balaban J connectivity index is 1.69. The van der Waals surface area contributed by atoms with Gasteiger partial charge >= 0.3 is 0 Å². The molecular weight excluding hydrogens is 420 g/mol. The van der Waals surface area contributed by atoms with Gasteiger partial charge in [-0.3, -0.25) is 0 Å². The Morgan fingerprint density at radius 2 is 1.51 bits per heavy atom. The third-order valence-corrected chi connectivity index (χ3v) is 8.70. The lowest BCUT2D eigenvalue weighted by molar-refractivity contribution is 0.393. The summed E-state index contributed by atoms with van der Waals surface area (Å²) in [6.45, 7) is 20.1. The van der Waals surface area contributed by atoms with E-state index in [4.69, 9.17) is 6.58 Å². The first-order valence-corrected chi connectivity index (χ1v) is 13.8. The van der Waals surface area contributed by atoms with Crippen LogP contribution in [-0.4, -0.2) is 0 Å². The molecule has 2 aromatic carbocycles. The highest BCUT2D eigenvalue weighted by Gasteiger charge is 2.26. The van der Waals surface area contributed by atoms with Gasteiger partial charge in [0.25, 0.3) is 0 Å². The van der Waals surface area contributed by atoms with Crippen molar-refractivity contribution in [2.75, 3.05) is 0 Å². The fraction of sp³-hybridized carbons (Fsp3) is 0.429. The minimum Gasteiger partial charge on any atom is -0.103 e. The second-order valence-corrected chi connectivity index (χ2v) is 10.9. The average Bonchev–Trinajstić information content (AvgIpc) is 2.89. The Morgan fingerprint density at radius 1 is 0.914 bits per heavy atom. The summed E-state index contributed by atoms with van der Waals surface area (Å²) in [6, 6.07) is 9.23. The van der Waals surface area contributed by atoms with Crippen LogP contribution in [-0.2, 0) is 6.42 Å². The van der Waals surface area contributed by atoms with E-state index in [1.54, 1.807) is 5.57 Å². The lowest BCUT2D eigenvalue weighted by Crippen LogP contribution is -2.52. The van der Waals surface area contributed by atoms with Crippen molar-refractivity contribution in [1.82, 2.24) is 0 Å². The van der Waals surface area contributed by atoms with Gasteiger partial charge in [-0.05, 0) is 127 Å². The van der Waals surface area contributed by atoms with Crippen molar-refractivity contribution < 1.29 is 0 Å². The summed E-state index contributed by atoms with van der Waals surface area (Å²) in [7, 11) is 0. The highest BCUT2D eigenvalue weighted by molar-refractivity contribution is 5.47. The zero-order valence-electron chi connectivity index (χ0n) is 22.4. The smallest absolute Gasteiger partial charge is 0.0139 e. The number of rotatable bonds is 8. The van der Waals surface area contributed by atoms with Crippen molar-refractivity contribution in [1.29, 1.82) is 0 Å². The second-order valence-electron chi connectivity index (χ2n) is 10.9. The van der Waals surface area contributed by atoms with Crippen LogP contribution in [0.15, 0.2) is 48.1 Å². The van der Waals surface area contributed by atoms with E-state index in [1.807, 2.05) is 0 Å². The molecule has 0 bridgehead atoms. The number of fused-ring (bicyclic) bond motifs is 1. The second kappa shape index (κ2) is 11.4. The quantitative estimate of drug-likeness (QED) is 0.375. The predicted octanol–water partition coefficient (Wildman–Crippen LogP) is 6.85. The molecule has 0 nitrogen and oxygen atoms in total. The van der Waals surface area contributed by atoms with Gasteiger partial charge in [0.15, 0.2) is 0 Å². The molecule has 1 saturated carbocycles. The van der Waals surface area contributed by atoms with E-state index in [-0.39, 0.29) is 0 Å². The van der Waals surface area contributed by atoms with Crippen LogP contribution in [0.25, 0.3) is 25.3 Å². The largest absolute Gasteiger partial charge is 0.103 e. The topological polar surface area (TPSA) is 0 Å². The first-order chi connectivity index (χ1) is 16.9. The maximum atomic E-state index is 4.71. The van der Waals surface area contributed by atoms with Crippen LogP contribution in [0.5, 0.6) is 0 Å². The van der Waals surface area contributed by atoms with Crippen LogP contribution in [0.1, 0.15) is 106 Å². The first kappa shape index (κ1) is 25.5. The number of aryl methyl sites for hydroxylation is 1. The molecule has 0 unspecified atom stereocenters. The first-order valence-electron chi connectivity index (χ1n) is 13.8. The van der Waals surface area contributed by atoms with E-state index >= 15 is 0 Å². The normalized spacial score (nSPS) is 20.3. The number of hydrogen-bond donors (Lipinski definition) is 0. The van der Waals surface area contributed by atoms with E-state index in [1.165, 1.54) is 74.4 Å². The molecule has 0 atom stereocenters. The van der Waals surface area contributed by atoms with Gasteiger partial charge in [0.1, 0.15) is 0 Å². The summed E-state index contributed by atoms with van der Waals surface area (Å²) < 4.78 is 0. The van der Waals surface area contributed by atoms with Crippen molar-refractivity contribution in [3.05, 3.63) is 91.2 Å².